The number of sulfone groups is 1. The Morgan fingerprint density at radius 2 is 1.67 bits per heavy atom. The largest absolute Gasteiger partial charge is 0.257 e. The van der Waals surface area contributed by atoms with Gasteiger partial charge in [0.05, 0.1) is 10.6 Å². The van der Waals surface area contributed by atoms with Crippen LogP contribution in [0.15, 0.2) is 53.6 Å². The van der Waals surface area contributed by atoms with Crippen LogP contribution in [-0.2, 0) is 9.84 Å². The molecule has 3 nitrogen and oxygen atoms in total. The lowest BCUT2D eigenvalue weighted by Crippen LogP contribution is -2.26. The molecule has 2 aliphatic carbocycles. The normalized spacial score (nSPS) is 19.5. The third-order valence-electron chi connectivity index (χ3n) is 5.49. The van der Waals surface area contributed by atoms with Gasteiger partial charge in [-0.3, -0.25) is 4.98 Å². The molecule has 1 saturated carbocycles. The monoisotopic (exact) mass is 339 g/mol. The highest BCUT2D eigenvalue weighted by molar-refractivity contribution is 7.90. The van der Waals surface area contributed by atoms with Gasteiger partial charge in [0.1, 0.15) is 0 Å². The second-order valence-corrected chi connectivity index (χ2v) is 9.19. The van der Waals surface area contributed by atoms with E-state index in [2.05, 4.69) is 11.1 Å². The zero-order chi connectivity index (χ0) is 16.8. The number of hydrogen-bond acceptors (Lipinski definition) is 3. The molecule has 2 aromatic rings. The van der Waals surface area contributed by atoms with Gasteiger partial charge >= 0.3 is 0 Å². The second kappa shape index (κ2) is 5.55. The summed E-state index contributed by atoms with van der Waals surface area (Å²) in [6.45, 7) is 0. The standard InChI is InChI=1S/C20H21NO2S/c1-24(22,23)16-8-6-15(7-9-16)17-13-20(10-4-11-20)14-18(17)19-5-2-3-12-21-19/h2-3,5-9,12H,4,10-11,13-14H2,1H3. The predicted molar refractivity (Wildman–Crippen MR) is 96.1 cm³/mol. The summed E-state index contributed by atoms with van der Waals surface area (Å²) < 4.78 is 23.4. The summed E-state index contributed by atoms with van der Waals surface area (Å²) in [5.74, 6) is 0. The minimum atomic E-state index is -3.15. The van der Waals surface area contributed by atoms with E-state index in [0.717, 1.165) is 24.1 Å². The van der Waals surface area contributed by atoms with Crippen molar-refractivity contribution in [1.82, 2.24) is 4.98 Å². The molecule has 1 spiro atoms. The van der Waals surface area contributed by atoms with Crippen LogP contribution < -0.4 is 0 Å². The van der Waals surface area contributed by atoms with Gasteiger partial charge in [0.15, 0.2) is 9.84 Å². The van der Waals surface area contributed by atoms with Gasteiger partial charge in [0.2, 0.25) is 0 Å². The maximum absolute atomic E-state index is 11.7. The van der Waals surface area contributed by atoms with Gasteiger partial charge < -0.3 is 0 Å². The Bertz CT molecular complexity index is 892. The Morgan fingerprint density at radius 3 is 2.21 bits per heavy atom. The Kier molecular flexibility index (Phi) is 3.61. The molecule has 0 bridgehead atoms. The lowest BCUT2D eigenvalue weighted by Gasteiger charge is -2.39. The molecule has 0 radical (unpaired) electrons. The number of pyridine rings is 1. The summed E-state index contributed by atoms with van der Waals surface area (Å²) >= 11 is 0. The van der Waals surface area contributed by atoms with E-state index in [9.17, 15) is 8.42 Å². The summed E-state index contributed by atoms with van der Waals surface area (Å²) in [6, 6.07) is 13.4. The van der Waals surface area contributed by atoms with Crippen LogP contribution in [-0.4, -0.2) is 19.7 Å². The molecule has 1 fully saturated rings. The molecule has 0 amide bonds. The maximum Gasteiger partial charge on any atom is 0.175 e. The van der Waals surface area contributed by atoms with Crippen LogP contribution in [0.1, 0.15) is 43.4 Å². The van der Waals surface area contributed by atoms with Crippen molar-refractivity contribution < 1.29 is 8.42 Å². The lowest BCUT2D eigenvalue weighted by atomic mass is 9.66. The first-order chi connectivity index (χ1) is 11.5. The molecule has 124 valence electrons. The Morgan fingerprint density at radius 1 is 0.958 bits per heavy atom. The van der Waals surface area contributed by atoms with Gasteiger partial charge in [-0.1, -0.05) is 24.6 Å². The van der Waals surface area contributed by atoms with Crippen LogP contribution in [0.3, 0.4) is 0 Å². The van der Waals surface area contributed by atoms with E-state index < -0.39 is 9.84 Å². The highest BCUT2D eigenvalue weighted by Gasteiger charge is 2.43. The first-order valence-electron chi connectivity index (χ1n) is 8.41. The molecule has 0 unspecified atom stereocenters. The van der Waals surface area contributed by atoms with Crippen molar-refractivity contribution in [3.8, 4) is 0 Å². The van der Waals surface area contributed by atoms with E-state index in [-0.39, 0.29) is 0 Å². The fourth-order valence-corrected chi connectivity index (χ4v) is 4.65. The molecule has 24 heavy (non-hydrogen) atoms. The fourth-order valence-electron chi connectivity index (χ4n) is 4.02. The van der Waals surface area contributed by atoms with E-state index >= 15 is 0 Å². The Balaban J connectivity index is 1.77. The van der Waals surface area contributed by atoms with Gasteiger partial charge in [-0.2, -0.15) is 0 Å². The molecule has 0 aliphatic heterocycles. The van der Waals surface area contributed by atoms with E-state index in [1.807, 2.05) is 30.5 Å². The average molecular weight is 339 g/mol. The first-order valence-corrected chi connectivity index (χ1v) is 10.3. The van der Waals surface area contributed by atoms with Gasteiger partial charge in [0.25, 0.3) is 0 Å². The van der Waals surface area contributed by atoms with Crippen LogP contribution in [0.25, 0.3) is 11.1 Å². The smallest absolute Gasteiger partial charge is 0.175 e. The van der Waals surface area contributed by atoms with Crippen LogP contribution in [0.4, 0.5) is 0 Å². The van der Waals surface area contributed by atoms with E-state index in [1.165, 1.54) is 36.7 Å². The Hall–Kier alpha value is -1.94. The van der Waals surface area contributed by atoms with Gasteiger partial charge in [-0.25, -0.2) is 8.42 Å². The SMILES string of the molecule is CS(=O)(=O)c1ccc(C2=C(c3ccccn3)CC3(CCC3)C2)cc1. The molecule has 0 saturated heterocycles. The topological polar surface area (TPSA) is 47.0 Å². The lowest BCUT2D eigenvalue weighted by molar-refractivity contribution is 0.157. The molecular formula is C20H21NO2S. The van der Waals surface area contributed by atoms with Gasteiger partial charge in [0, 0.05) is 12.5 Å². The van der Waals surface area contributed by atoms with Crippen molar-refractivity contribution in [2.24, 2.45) is 5.41 Å². The first kappa shape index (κ1) is 15.6. The van der Waals surface area contributed by atoms with Crippen LogP contribution in [0, 0.1) is 5.41 Å². The zero-order valence-electron chi connectivity index (χ0n) is 13.8. The molecule has 4 rings (SSSR count). The number of hydrogen-bond donors (Lipinski definition) is 0. The molecular weight excluding hydrogens is 318 g/mol. The molecule has 1 heterocycles. The molecule has 4 heteroatoms. The summed E-state index contributed by atoms with van der Waals surface area (Å²) in [5, 5.41) is 0. The minimum absolute atomic E-state index is 0.377. The summed E-state index contributed by atoms with van der Waals surface area (Å²) in [5.41, 5.74) is 5.28. The van der Waals surface area contributed by atoms with Gasteiger partial charge in [-0.05, 0) is 72.1 Å². The highest BCUT2D eigenvalue weighted by atomic mass is 32.2. The van der Waals surface area contributed by atoms with Crippen molar-refractivity contribution in [1.29, 1.82) is 0 Å². The van der Waals surface area contributed by atoms with Crippen LogP contribution in [0.2, 0.25) is 0 Å². The van der Waals surface area contributed by atoms with E-state index in [4.69, 9.17) is 0 Å². The van der Waals surface area contributed by atoms with Crippen molar-refractivity contribution in [2.75, 3.05) is 6.26 Å². The van der Waals surface area contributed by atoms with Crippen molar-refractivity contribution in [2.45, 2.75) is 37.0 Å². The molecule has 2 aliphatic rings. The highest BCUT2D eigenvalue weighted by Crippen LogP contribution is 2.59. The second-order valence-electron chi connectivity index (χ2n) is 7.18. The number of aromatic nitrogens is 1. The third kappa shape index (κ3) is 2.69. The van der Waals surface area contributed by atoms with Gasteiger partial charge in [-0.15, -0.1) is 0 Å². The molecule has 1 aromatic heterocycles. The number of allylic oxidation sites excluding steroid dienone is 2. The average Bonchev–Trinajstić information content (AvgIpc) is 2.96. The van der Waals surface area contributed by atoms with E-state index in [1.54, 1.807) is 12.1 Å². The molecule has 1 aromatic carbocycles. The predicted octanol–water partition coefficient (Wildman–Crippen LogP) is 4.36. The molecule has 0 N–H and O–H groups in total. The zero-order valence-corrected chi connectivity index (χ0v) is 14.6. The third-order valence-corrected chi connectivity index (χ3v) is 6.62. The number of benzene rings is 1. The fraction of sp³-hybridized carbons (Fsp3) is 0.350. The molecule has 0 atom stereocenters. The summed E-state index contributed by atoms with van der Waals surface area (Å²) in [4.78, 5) is 4.94. The van der Waals surface area contributed by atoms with Crippen LogP contribution in [0.5, 0.6) is 0 Å². The Labute approximate surface area is 143 Å². The minimum Gasteiger partial charge on any atom is -0.257 e. The quantitative estimate of drug-likeness (QED) is 0.835. The maximum atomic E-state index is 11.7. The summed E-state index contributed by atoms with van der Waals surface area (Å²) in [7, 11) is -3.15. The summed E-state index contributed by atoms with van der Waals surface area (Å²) in [6.07, 6.45) is 9.15. The van der Waals surface area contributed by atoms with Crippen molar-refractivity contribution in [3.05, 3.63) is 59.9 Å². The van der Waals surface area contributed by atoms with Crippen molar-refractivity contribution in [3.63, 3.8) is 0 Å². The number of rotatable bonds is 3. The van der Waals surface area contributed by atoms with Crippen LogP contribution >= 0.6 is 0 Å². The number of nitrogens with zero attached hydrogens (tertiary/aromatic N) is 1. The van der Waals surface area contributed by atoms with E-state index in [0.29, 0.717) is 10.3 Å². The van der Waals surface area contributed by atoms with Crippen molar-refractivity contribution >= 4 is 21.0 Å².